The lowest BCUT2D eigenvalue weighted by molar-refractivity contribution is 0.512. The van der Waals surface area contributed by atoms with E-state index in [9.17, 15) is 0 Å². The van der Waals surface area contributed by atoms with Gasteiger partial charge in [-0.15, -0.1) is 0 Å². The second-order valence-corrected chi connectivity index (χ2v) is 8.50. The highest BCUT2D eigenvalue weighted by atomic mass is 14.5. The van der Waals surface area contributed by atoms with E-state index in [-0.39, 0.29) is 0 Å². The molecule has 0 aliphatic heterocycles. The Bertz CT molecular complexity index is 526. The first kappa shape index (κ1) is 24.0. The Labute approximate surface area is 170 Å². The molecular weight excluding hydrogens is 325 g/mol. The van der Waals surface area contributed by atoms with Crippen LogP contribution in [0.2, 0.25) is 5.82 Å². The molecule has 0 heterocycles. The molecule has 1 aliphatic rings. The molecule has 0 radical (unpaired) electrons. The monoisotopic (exact) mass is 369 g/mol. The molecule has 1 nitrogen and oxygen atoms in total. The summed E-state index contributed by atoms with van der Waals surface area (Å²) in [5.41, 5.74) is 12.2. The highest BCUT2D eigenvalue weighted by molar-refractivity contribution is 6.11. The number of unbranched alkanes of at least 4 members (excludes halogenated alkanes) is 5. The lowest BCUT2D eigenvalue weighted by Crippen LogP contribution is -2.18. The summed E-state index contributed by atoms with van der Waals surface area (Å²) in [6.45, 7) is 11.7. The molecule has 1 rings (SSSR count). The van der Waals surface area contributed by atoms with Gasteiger partial charge in [-0.25, -0.2) is 0 Å². The van der Waals surface area contributed by atoms with Crippen molar-refractivity contribution in [2.75, 3.05) is 6.54 Å². The van der Waals surface area contributed by atoms with Crippen LogP contribution in [0.25, 0.3) is 0 Å². The van der Waals surface area contributed by atoms with Gasteiger partial charge in [0.2, 0.25) is 0 Å². The Morgan fingerprint density at radius 1 is 1.19 bits per heavy atom. The normalized spacial score (nSPS) is 20.5. The summed E-state index contributed by atoms with van der Waals surface area (Å²) in [6.07, 6.45) is 20.8. The first-order chi connectivity index (χ1) is 13.1. The molecule has 2 N–H and O–H groups in total. The van der Waals surface area contributed by atoms with Gasteiger partial charge in [-0.2, -0.15) is 0 Å². The minimum absolute atomic E-state index is 0.446. The second-order valence-electron chi connectivity index (χ2n) is 8.50. The van der Waals surface area contributed by atoms with Crippen molar-refractivity contribution in [3.8, 4) is 0 Å². The highest BCUT2D eigenvalue weighted by Crippen LogP contribution is 2.36. The van der Waals surface area contributed by atoms with Crippen LogP contribution in [0.15, 0.2) is 47.1 Å². The van der Waals surface area contributed by atoms with Crippen LogP contribution in [0.1, 0.15) is 91.4 Å². The number of hydrogen-bond donors (Lipinski definition) is 1. The van der Waals surface area contributed by atoms with Crippen molar-refractivity contribution >= 4 is 7.85 Å². The smallest absolute Gasteiger partial charge is 0.105 e. The summed E-state index contributed by atoms with van der Waals surface area (Å²) < 4.78 is 0. The molecule has 0 bridgehead atoms. The molecular formula is C25H44BN. The molecule has 0 aromatic heterocycles. The third-order valence-electron chi connectivity index (χ3n) is 6.23. The van der Waals surface area contributed by atoms with E-state index in [1.54, 1.807) is 11.1 Å². The fourth-order valence-corrected chi connectivity index (χ4v) is 4.34. The van der Waals surface area contributed by atoms with Crippen molar-refractivity contribution in [2.45, 2.75) is 97.2 Å². The van der Waals surface area contributed by atoms with Gasteiger partial charge in [0.25, 0.3) is 0 Å². The van der Waals surface area contributed by atoms with E-state index in [1.807, 2.05) is 0 Å². The first-order valence-corrected chi connectivity index (χ1v) is 11.5. The van der Waals surface area contributed by atoms with Gasteiger partial charge in [-0.05, 0) is 62.3 Å². The molecule has 2 unspecified atom stereocenters. The van der Waals surface area contributed by atoms with Crippen LogP contribution < -0.4 is 5.73 Å². The van der Waals surface area contributed by atoms with Gasteiger partial charge in [-0.3, -0.25) is 0 Å². The Morgan fingerprint density at radius 3 is 2.48 bits per heavy atom. The van der Waals surface area contributed by atoms with Crippen molar-refractivity contribution in [3.05, 3.63) is 47.1 Å². The van der Waals surface area contributed by atoms with Crippen LogP contribution in [0.4, 0.5) is 0 Å². The predicted octanol–water partition coefficient (Wildman–Crippen LogP) is 6.68. The van der Waals surface area contributed by atoms with Gasteiger partial charge in [0.1, 0.15) is 7.85 Å². The molecule has 0 saturated carbocycles. The standard InChI is InChI=1S/C25H44BN/c1-5-8-9-10-11-12-14-21(19-27)25(13-6-2)23(7-3)24-18-17-22(26)16-15-20(24)4/h6-7,13,21-22H,3,5,8-12,14-19,26-27H2,1-2,4H3/b13-6-,25-23-. The number of rotatable bonds is 12. The molecule has 2 atom stereocenters. The van der Waals surface area contributed by atoms with E-state index < -0.39 is 0 Å². The minimum atomic E-state index is 0.446. The van der Waals surface area contributed by atoms with Crippen LogP contribution in [0.3, 0.4) is 0 Å². The molecule has 0 aromatic rings. The van der Waals surface area contributed by atoms with Crippen LogP contribution in [-0.4, -0.2) is 14.4 Å². The zero-order valence-electron chi connectivity index (χ0n) is 18.7. The van der Waals surface area contributed by atoms with Gasteiger partial charge >= 0.3 is 0 Å². The SMILES string of the molecule is BC1CCC(C)=C(/C(C=C)=C(/C=C\C)C(CN)CCCCCCCC)CC1. The number of hydrogen-bond acceptors (Lipinski definition) is 1. The molecule has 1 aliphatic carbocycles. The molecule has 2 heteroatoms. The van der Waals surface area contributed by atoms with E-state index >= 15 is 0 Å². The summed E-state index contributed by atoms with van der Waals surface area (Å²) >= 11 is 0. The number of nitrogens with two attached hydrogens (primary N) is 1. The molecule has 152 valence electrons. The molecule has 27 heavy (non-hydrogen) atoms. The highest BCUT2D eigenvalue weighted by Gasteiger charge is 2.20. The van der Waals surface area contributed by atoms with E-state index in [0.29, 0.717) is 5.92 Å². The largest absolute Gasteiger partial charge is 0.330 e. The van der Waals surface area contributed by atoms with E-state index in [0.717, 1.165) is 12.4 Å². The minimum Gasteiger partial charge on any atom is -0.330 e. The van der Waals surface area contributed by atoms with Crippen LogP contribution in [0.5, 0.6) is 0 Å². The van der Waals surface area contributed by atoms with E-state index in [1.165, 1.54) is 81.8 Å². The lowest BCUT2D eigenvalue weighted by Gasteiger charge is -2.22. The fraction of sp³-hybridized carbons (Fsp3) is 0.680. The van der Waals surface area contributed by atoms with Crippen LogP contribution >= 0.6 is 0 Å². The summed E-state index contributed by atoms with van der Waals surface area (Å²) in [5.74, 6) is 1.27. The number of allylic oxidation sites excluding steroid dienone is 6. The quantitative estimate of drug-likeness (QED) is 0.232. The summed E-state index contributed by atoms with van der Waals surface area (Å²) in [5, 5.41) is 0. The maximum Gasteiger partial charge on any atom is 0.105 e. The van der Waals surface area contributed by atoms with Crippen molar-refractivity contribution in [1.29, 1.82) is 0 Å². The van der Waals surface area contributed by atoms with Gasteiger partial charge in [-0.1, -0.05) is 94.5 Å². The molecule has 0 saturated heterocycles. The van der Waals surface area contributed by atoms with Gasteiger partial charge in [0, 0.05) is 0 Å². The van der Waals surface area contributed by atoms with Crippen LogP contribution in [0, 0.1) is 5.92 Å². The van der Waals surface area contributed by atoms with Crippen molar-refractivity contribution < 1.29 is 0 Å². The Morgan fingerprint density at radius 2 is 1.85 bits per heavy atom. The first-order valence-electron chi connectivity index (χ1n) is 11.5. The second kappa shape index (κ2) is 14.0. The van der Waals surface area contributed by atoms with Crippen molar-refractivity contribution in [3.63, 3.8) is 0 Å². The zero-order chi connectivity index (χ0) is 20.1. The fourth-order valence-electron chi connectivity index (χ4n) is 4.34. The average molecular weight is 369 g/mol. The molecule has 0 amide bonds. The Balaban J connectivity index is 2.99. The van der Waals surface area contributed by atoms with Crippen molar-refractivity contribution in [2.24, 2.45) is 11.7 Å². The predicted molar refractivity (Wildman–Crippen MR) is 126 cm³/mol. The summed E-state index contributed by atoms with van der Waals surface area (Å²) in [6, 6.07) is 0. The summed E-state index contributed by atoms with van der Waals surface area (Å²) in [7, 11) is 2.39. The third kappa shape index (κ3) is 8.26. The van der Waals surface area contributed by atoms with Gasteiger partial charge < -0.3 is 5.73 Å². The average Bonchev–Trinajstić information content (AvgIpc) is 2.83. The lowest BCUT2D eigenvalue weighted by atomic mass is 9.80. The van der Waals surface area contributed by atoms with Gasteiger partial charge in [0.15, 0.2) is 0 Å². The third-order valence-corrected chi connectivity index (χ3v) is 6.23. The summed E-state index contributed by atoms with van der Waals surface area (Å²) in [4.78, 5) is 0. The molecule has 0 fully saturated rings. The van der Waals surface area contributed by atoms with E-state index in [2.05, 4.69) is 53.4 Å². The van der Waals surface area contributed by atoms with Crippen molar-refractivity contribution in [1.82, 2.24) is 0 Å². The van der Waals surface area contributed by atoms with E-state index in [4.69, 9.17) is 5.73 Å². The maximum atomic E-state index is 6.26. The molecule has 0 aromatic carbocycles. The Kier molecular flexibility index (Phi) is 12.5. The van der Waals surface area contributed by atoms with Gasteiger partial charge in [0.05, 0.1) is 0 Å². The zero-order valence-corrected chi connectivity index (χ0v) is 18.7. The van der Waals surface area contributed by atoms with Crippen LogP contribution in [-0.2, 0) is 0 Å². The Hall–Kier alpha value is -1.02. The maximum absolute atomic E-state index is 6.26. The molecule has 0 spiro atoms. The topological polar surface area (TPSA) is 26.0 Å².